The highest BCUT2D eigenvalue weighted by Crippen LogP contribution is 2.24. The van der Waals surface area contributed by atoms with E-state index in [4.69, 9.17) is 9.47 Å². The molecule has 32 heavy (non-hydrogen) atoms. The van der Waals surface area contributed by atoms with E-state index in [2.05, 4.69) is 16.9 Å². The molecule has 1 unspecified atom stereocenters. The number of ether oxygens (including phenoxy) is 2. The molecule has 0 fully saturated rings. The van der Waals surface area contributed by atoms with Crippen LogP contribution >= 0.6 is 0 Å². The summed E-state index contributed by atoms with van der Waals surface area (Å²) in [5.41, 5.74) is 8.82. The molecule has 0 aromatic heterocycles. The zero-order valence-corrected chi connectivity index (χ0v) is 20.3. The summed E-state index contributed by atoms with van der Waals surface area (Å²) in [7, 11) is 0. The molecule has 0 aliphatic carbocycles. The molecule has 6 nitrogen and oxygen atoms in total. The van der Waals surface area contributed by atoms with Gasteiger partial charge in [0.1, 0.15) is 11.5 Å². The summed E-state index contributed by atoms with van der Waals surface area (Å²) in [4.78, 5) is 24.9. The van der Waals surface area contributed by atoms with Crippen molar-refractivity contribution in [2.45, 2.75) is 67.4 Å². The number of aryl methyl sites for hydroxylation is 4. The van der Waals surface area contributed by atoms with Gasteiger partial charge in [-0.15, -0.1) is 0 Å². The standard InChI is InChI=1S/C26H36N2O4/c1-17-9-10-19(3)23(15-17)31-14-8-13-26(6,7)25(30)28-27-24(29)21(5)32-22-12-11-18(2)20(4)16-22/h9-12,15-16,21H,8,13-14H2,1-7H3,(H,27,29)(H,28,30). The van der Waals surface area contributed by atoms with E-state index in [9.17, 15) is 9.59 Å². The first kappa shape index (κ1) is 25.2. The summed E-state index contributed by atoms with van der Waals surface area (Å²) < 4.78 is 11.6. The van der Waals surface area contributed by atoms with Gasteiger partial charge in [-0.25, -0.2) is 0 Å². The number of benzene rings is 2. The van der Waals surface area contributed by atoms with Gasteiger partial charge < -0.3 is 9.47 Å². The Morgan fingerprint density at radius 1 is 0.938 bits per heavy atom. The van der Waals surface area contributed by atoms with Crippen LogP contribution in [0.25, 0.3) is 0 Å². The summed E-state index contributed by atoms with van der Waals surface area (Å²) in [5.74, 6) is 0.824. The van der Waals surface area contributed by atoms with E-state index in [1.165, 1.54) is 0 Å². The first-order chi connectivity index (χ1) is 15.0. The highest BCUT2D eigenvalue weighted by atomic mass is 16.5. The third-order valence-electron chi connectivity index (χ3n) is 5.62. The Kier molecular flexibility index (Phi) is 8.70. The monoisotopic (exact) mass is 440 g/mol. The fraction of sp³-hybridized carbons (Fsp3) is 0.462. The van der Waals surface area contributed by atoms with E-state index in [1.54, 1.807) is 6.92 Å². The molecule has 2 aromatic carbocycles. The Morgan fingerprint density at radius 2 is 1.62 bits per heavy atom. The van der Waals surface area contributed by atoms with E-state index < -0.39 is 17.4 Å². The molecule has 0 radical (unpaired) electrons. The lowest BCUT2D eigenvalue weighted by Gasteiger charge is -2.24. The number of carbonyl (C=O) groups excluding carboxylic acids is 2. The van der Waals surface area contributed by atoms with Gasteiger partial charge in [-0.3, -0.25) is 20.4 Å². The number of amides is 2. The Bertz CT molecular complexity index is 953. The lowest BCUT2D eigenvalue weighted by molar-refractivity contribution is -0.136. The lowest BCUT2D eigenvalue weighted by Crippen LogP contribution is -2.51. The van der Waals surface area contributed by atoms with Crippen molar-refractivity contribution in [2.75, 3.05) is 6.61 Å². The second kappa shape index (κ2) is 11.0. The van der Waals surface area contributed by atoms with E-state index in [0.717, 1.165) is 28.0 Å². The summed E-state index contributed by atoms with van der Waals surface area (Å²) in [5, 5.41) is 0. The Morgan fingerprint density at radius 3 is 2.31 bits per heavy atom. The second-order valence-corrected chi connectivity index (χ2v) is 9.05. The maximum absolute atomic E-state index is 12.6. The Labute approximate surface area is 191 Å². The van der Waals surface area contributed by atoms with Crippen LogP contribution in [0.15, 0.2) is 36.4 Å². The quantitative estimate of drug-likeness (QED) is 0.437. The predicted octanol–water partition coefficient (Wildman–Crippen LogP) is 4.72. The number of hydrogen-bond acceptors (Lipinski definition) is 4. The molecule has 174 valence electrons. The minimum Gasteiger partial charge on any atom is -0.493 e. The minimum absolute atomic E-state index is 0.254. The van der Waals surface area contributed by atoms with Crippen LogP contribution in [0.5, 0.6) is 11.5 Å². The molecule has 1 atom stereocenters. The molecule has 2 rings (SSSR count). The fourth-order valence-electron chi connectivity index (χ4n) is 3.11. The minimum atomic E-state index is -0.744. The predicted molar refractivity (Wildman–Crippen MR) is 127 cm³/mol. The van der Waals surface area contributed by atoms with Gasteiger partial charge in [0.25, 0.3) is 5.91 Å². The topological polar surface area (TPSA) is 76.7 Å². The molecule has 0 aliphatic rings. The van der Waals surface area contributed by atoms with Crippen LogP contribution in [-0.4, -0.2) is 24.5 Å². The largest absolute Gasteiger partial charge is 0.493 e. The highest BCUT2D eigenvalue weighted by molar-refractivity contribution is 5.86. The molecule has 0 saturated heterocycles. The van der Waals surface area contributed by atoms with Crippen LogP contribution in [0.2, 0.25) is 0 Å². The van der Waals surface area contributed by atoms with Crippen molar-refractivity contribution >= 4 is 11.8 Å². The summed E-state index contributed by atoms with van der Waals surface area (Å²) >= 11 is 0. The van der Waals surface area contributed by atoms with Gasteiger partial charge in [0.05, 0.1) is 6.61 Å². The first-order valence-electron chi connectivity index (χ1n) is 11.0. The van der Waals surface area contributed by atoms with Crippen molar-refractivity contribution in [2.24, 2.45) is 5.41 Å². The van der Waals surface area contributed by atoms with E-state index in [-0.39, 0.29) is 5.91 Å². The molecular weight excluding hydrogens is 404 g/mol. The first-order valence-corrected chi connectivity index (χ1v) is 11.0. The van der Waals surface area contributed by atoms with Gasteiger partial charge in [-0.05, 0) is 87.9 Å². The van der Waals surface area contributed by atoms with Gasteiger partial charge in [-0.2, -0.15) is 0 Å². The molecular formula is C26H36N2O4. The average molecular weight is 441 g/mol. The third-order valence-corrected chi connectivity index (χ3v) is 5.62. The SMILES string of the molecule is Cc1ccc(C)c(OCCCC(C)(C)C(=O)NNC(=O)C(C)Oc2ccc(C)c(C)c2)c1. The van der Waals surface area contributed by atoms with Gasteiger partial charge in [-0.1, -0.05) is 32.0 Å². The molecule has 2 N–H and O–H groups in total. The third kappa shape index (κ3) is 7.29. The van der Waals surface area contributed by atoms with Crippen molar-refractivity contribution in [3.8, 4) is 11.5 Å². The van der Waals surface area contributed by atoms with Crippen molar-refractivity contribution < 1.29 is 19.1 Å². The molecule has 0 aliphatic heterocycles. The van der Waals surface area contributed by atoms with E-state index in [0.29, 0.717) is 25.2 Å². The van der Waals surface area contributed by atoms with Crippen molar-refractivity contribution in [1.29, 1.82) is 0 Å². The number of rotatable bonds is 9. The zero-order chi connectivity index (χ0) is 23.9. The highest BCUT2D eigenvalue weighted by Gasteiger charge is 2.28. The number of nitrogens with one attached hydrogen (secondary N) is 2. The van der Waals surface area contributed by atoms with E-state index >= 15 is 0 Å². The number of hydrazine groups is 1. The molecule has 2 amide bonds. The van der Waals surface area contributed by atoms with Crippen molar-refractivity contribution in [1.82, 2.24) is 10.9 Å². The maximum Gasteiger partial charge on any atom is 0.279 e. The van der Waals surface area contributed by atoms with Gasteiger partial charge in [0, 0.05) is 5.41 Å². The fourth-order valence-corrected chi connectivity index (χ4v) is 3.11. The van der Waals surface area contributed by atoms with Crippen molar-refractivity contribution in [3.05, 3.63) is 58.7 Å². The Hall–Kier alpha value is -3.02. The van der Waals surface area contributed by atoms with Crippen LogP contribution in [0, 0.1) is 33.1 Å². The molecule has 6 heteroatoms. The van der Waals surface area contributed by atoms with Crippen LogP contribution in [0.3, 0.4) is 0 Å². The van der Waals surface area contributed by atoms with Gasteiger partial charge in [0.15, 0.2) is 6.10 Å². The van der Waals surface area contributed by atoms with E-state index in [1.807, 2.05) is 71.9 Å². The summed E-state index contributed by atoms with van der Waals surface area (Å²) in [6.45, 7) is 13.9. The van der Waals surface area contributed by atoms with Crippen LogP contribution in [0.1, 0.15) is 55.9 Å². The second-order valence-electron chi connectivity index (χ2n) is 9.05. The smallest absolute Gasteiger partial charge is 0.279 e. The van der Waals surface area contributed by atoms with Crippen LogP contribution in [0.4, 0.5) is 0 Å². The Balaban J connectivity index is 1.76. The van der Waals surface area contributed by atoms with Gasteiger partial charge >= 0.3 is 0 Å². The number of hydrogen-bond donors (Lipinski definition) is 2. The molecule has 0 spiro atoms. The molecule has 0 saturated carbocycles. The molecule has 0 heterocycles. The lowest BCUT2D eigenvalue weighted by atomic mass is 9.87. The van der Waals surface area contributed by atoms with Gasteiger partial charge in [0.2, 0.25) is 5.91 Å². The summed E-state index contributed by atoms with van der Waals surface area (Å²) in [6, 6.07) is 11.8. The number of carbonyl (C=O) groups is 2. The van der Waals surface area contributed by atoms with Crippen LogP contribution in [-0.2, 0) is 9.59 Å². The molecule has 2 aromatic rings. The summed E-state index contributed by atoms with van der Waals surface area (Å²) in [6.07, 6.45) is 0.592. The maximum atomic E-state index is 12.6. The zero-order valence-electron chi connectivity index (χ0n) is 20.3. The average Bonchev–Trinajstić information content (AvgIpc) is 2.74. The normalized spacial score (nSPS) is 12.1. The van der Waals surface area contributed by atoms with Crippen molar-refractivity contribution in [3.63, 3.8) is 0 Å². The van der Waals surface area contributed by atoms with Crippen LogP contribution < -0.4 is 20.3 Å². The molecule has 0 bridgehead atoms.